The van der Waals surface area contributed by atoms with Gasteiger partial charge in [-0.3, -0.25) is 4.79 Å². The Balaban J connectivity index is 1.92. The highest BCUT2D eigenvalue weighted by molar-refractivity contribution is 7.16. The van der Waals surface area contributed by atoms with Gasteiger partial charge in [0, 0.05) is 18.9 Å². The van der Waals surface area contributed by atoms with E-state index in [0.717, 1.165) is 25.7 Å². The molecule has 2 rings (SSSR count). The summed E-state index contributed by atoms with van der Waals surface area (Å²) in [5.41, 5.74) is 1.65. The van der Waals surface area contributed by atoms with Crippen molar-refractivity contribution < 1.29 is 4.79 Å². The van der Waals surface area contributed by atoms with E-state index in [-0.39, 0.29) is 5.91 Å². The van der Waals surface area contributed by atoms with Crippen molar-refractivity contribution in [2.45, 2.75) is 40.0 Å². The number of rotatable bonds is 5. The van der Waals surface area contributed by atoms with Crippen LogP contribution in [-0.2, 0) is 6.42 Å². The van der Waals surface area contributed by atoms with Crippen LogP contribution in [0.25, 0.3) is 0 Å². The zero-order chi connectivity index (χ0) is 15.6. The van der Waals surface area contributed by atoms with E-state index in [4.69, 9.17) is 11.6 Å². The summed E-state index contributed by atoms with van der Waals surface area (Å²) >= 11 is 8.92. The molecule has 0 spiro atoms. The van der Waals surface area contributed by atoms with Crippen molar-refractivity contribution in [2.75, 3.05) is 6.54 Å². The van der Waals surface area contributed by atoms with Crippen LogP contribution in [0.3, 0.4) is 0 Å². The summed E-state index contributed by atoms with van der Waals surface area (Å²) in [7, 11) is 0. The Morgan fingerprint density at radius 2 is 1.95 bits per heavy atom. The molecule has 1 amide bonds. The second-order valence-electron chi connectivity index (χ2n) is 5.09. The van der Waals surface area contributed by atoms with E-state index in [1.165, 1.54) is 22.7 Å². The van der Waals surface area contributed by atoms with Gasteiger partial charge >= 0.3 is 0 Å². The molecule has 0 radical (unpaired) electrons. The number of halogens is 1. The summed E-state index contributed by atoms with van der Waals surface area (Å²) in [6.07, 6.45) is 0.693. The van der Waals surface area contributed by atoms with E-state index in [0.29, 0.717) is 23.8 Å². The zero-order valence-electron chi connectivity index (χ0n) is 12.5. The summed E-state index contributed by atoms with van der Waals surface area (Å²) < 4.78 is 0.719. The third-order valence-electron chi connectivity index (χ3n) is 2.92. The summed E-state index contributed by atoms with van der Waals surface area (Å²) in [4.78, 5) is 21.7. The van der Waals surface area contributed by atoms with Crippen molar-refractivity contribution in [1.29, 1.82) is 0 Å². The van der Waals surface area contributed by atoms with Gasteiger partial charge in [0.25, 0.3) is 5.91 Å². The van der Waals surface area contributed by atoms with Crippen LogP contribution < -0.4 is 5.32 Å². The SMILES string of the molecule is Cc1nc(CCNC(=O)c2sc(C(C)C)nc2C)sc1Cl. The average Bonchev–Trinajstić information content (AvgIpc) is 2.93. The van der Waals surface area contributed by atoms with Crippen molar-refractivity contribution in [2.24, 2.45) is 0 Å². The Bertz CT molecular complexity index is 629. The summed E-state index contributed by atoms with van der Waals surface area (Å²) in [6.45, 7) is 8.47. The fraction of sp³-hybridized carbons (Fsp3) is 0.500. The third-order valence-corrected chi connectivity index (χ3v) is 5.89. The third kappa shape index (κ3) is 4.02. The number of aromatic nitrogens is 2. The van der Waals surface area contributed by atoms with Crippen LogP contribution in [0.4, 0.5) is 0 Å². The number of amides is 1. The number of hydrogen-bond donors (Lipinski definition) is 1. The second kappa shape index (κ2) is 6.85. The molecule has 0 bridgehead atoms. The molecule has 2 aromatic rings. The van der Waals surface area contributed by atoms with E-state index < -0.39 is 0 Å². The molecule has 0 fully saturated rings. The molecule has 21 heavy (non-hydrogen) atoms. The fourth-order valence-electron chi connectivity index (χ4n) is 1.78. The number of nitrogens with zero attached hydrogens (tertiary/aromatic N) is 2. The monoisotopic (exact) mass is 343 g/mol. The Labute approximate surface area is 137 Å². The minimum absolute atomic E-state index is 0.0590. The molecule has 0 atom stereocenters. The van der Waals surface area contributed by atoms with Gasteiger partial charge in [-0.25, -0.2) is 9.97 Å². The molecule has 2 aromatic heterocycles. The van der Waals surface area contributed by atoms with Crippen LogP contribution >= 0.6 is 34.3 Å². The quantitative estimate of drug-likeness (QED) is 0.893. The standard InChI is InChI=1S/C14H18ClN3OS2/c1-7(2)14-18-8(3)11(21-14)13(19)16-6-5-10-17-9(4)12(15)20-10/h7H,5-6H2,1-4H3,(H,16,19). The van der Waals surface area contributed by atoms with Crippen molar-refractivity contribution >= 4 is 40.2 Å². The Hall–Kier alpha value is -0.980. The Kier molecular flexibility index (Phi) is 5.35. The van der Waals surface area contributed by atoms with Gasteiger partial charge in [-0.2, -0.15) is 0 Å². The molecule has 0 unspecified atom stereocenters. The lowest BCUT2D eigenvalue weighted by Gasteiger charge is -2.02. The lowest BCUT2D eigenvalue weighted by atomic mass is 10.2. The molecule has 0 saturated heterocycles. The number of carbonyl (C=O) groups is 1. The normalized spacial score (nSPS) is 11.1. The van der Waals surface area contributed by atoms with Crippen LogP contribution in [0.1, 0.15) is 50.8 Å². The molecule has 0 aliphatic carbocycles. The molecule has 4 nitrogen and oxygen atoms in total. The molecule has 0 aliphatic rings. The van der Waals surface area contributed by atoms with Gasteiger partial charge in [-0.1, -0.05) is 25.4 Å². The first-order valence-corrected chi connectivity index (χ1v) is 8.77. The van der Waals surface area contributed by atoms with Crippen molar-refractivity contribution in [3.8, 4) is 0 Å². The van der Waals surface area contributed by atoms with Gasteiger partial charge in [0.1, 0.15) is 9.21 Å². The largest absolute Gasteiger partial charge is 0.351 e. The molecule has 7 heteroatoms. The van der Waals surface area contributed by atoms with Crippen LogP contribution in [-0.4, -0.2) is 22.4 Å². The maximum absolute atomic E-state index is 12.2. The van der Waals surface area contributed by atoms with Crippen LogP contribution in [0, 0.1) is 13.8 Å². The first kappa shape index (κ1) is 16.4. The highest BCUT2D eigenvalue weighted by Gasteiger charge is 2.16. The minimum Gasteiger partial charge on any atom is -0.351 e. The molecular formula is C14H18ClN3OS2. The van der Waals surface area contributed by atoms with Crippen LogP contribution in [0.15, 0.2) is 0 Å². The van der Waals surface area contributed by atoms with E-state index in [1.54, 1.807) is 0 Å². The Morgan fingerprint density at radius 1 is 1.24 bits per heavy atom. The highest BCUT2D eigenvalue weighted by atomic mass is 35.5. The van der Waals surface area contributed by atoms with E-state index >= 15 is 0 Å². The first-order valence-electron chi connectivity index (χ1n) is 6.75. The smallest absolute Gasteiger partial charge is 0.263 e. The van der Waals surface area contributed by atoms with Crippen LogP contribution in [0.2, 0.25) is 4.34 Å². The van der Waals surface area contributed by atoms with Gasteiger partial charge in [-0.15, -0.1) is 22.7 Å². The lowest BCUT2D eigenvalue weighted by molar-refractivity contribution is 0.0957. The fourth-order valence-corrected chi connectivity index (χ4v) is 3.86. The van der Waals surface area contributed by atoms with Gasteiger partial charge in [0.05, 0.1) is 21.4 Å². The number of carbonyl (C=O) groups excluding carboxylic acids is 1. The summed E-state index contributed by atoms with van der Waals surface area (Å²) in [6, 6.07) is 0. The summed E-state index contributed by atoms with van der Waals surface area (Å²) in [5, 5.41) is 4.87. The number of hydrogen-bond acceptors (Lipinski definition) is 5. The van der Waals surface area contributed by atoms with Crippen LogP contribution in [0.5, 0.6) is 0 Å². The van der Waals surface area contributed by atoms with Crippen molar-refractivity contribution in [3.63, 3.8) is 0 Å². The molecule has 0 saturated carbocycles. The predicted molar refractivity (Wildman–Crippen MR) is 88.8 cm³/mol. The second-order valence-corrected chi connectivity index (χ2v) is 7.81. The molecule has 114 valence electrons. The molecule has 0 aromatic carbocycles. The predicted octanol–water partition coefficient (Wildman–Crippen LogP) is 3.97. The topological polar surface area (TPSA) is 54.9 Å². The summed E-state index contributed by atoms with van der Waals surface area (Å²) in [5.74, 6) is 0.284. The van der Waals surface area contributed by atoms with Gasteiger partial charge in [0.15, 0.2) is 0 Å². The number of nitrogens with one attached hydrogen (secondary N) is 1. The maximum Gasteiger partial charge on any atom is 0.263 e. The van der Waals surface area contributed by atoms with E-state index in [1.807, 2.05) is 13.8 Å². The van der Waals surface area contributed by atoms with Crippen molar-refractivity contribution in [3.05, 3.63) is 30.6 Å². The molecular weight excluding hydrogens is 326 g/mol. The highest BCUT2D eigenvalue weighted by Crippen LogP contribution is 2.25. The van der Waals surface area contributed by atoms with Crippen molar-refractivity contribution in [1.82, 2.24) is 15.3 Å². The first-order chi connectivity index (χ1) is 9.88. The maximum atomic E-state index is 12.2. The minimum atomic E-state index is -0.0590. The van der Waals surface area contributed by atoms with E-state index in [9.17, 15) is 4.79 Å². The van der Waals surface area contributed by atoms with Gasteiger partial charge < -0.3 is 5.32 Å². The molecule has 1 N–H and O–H groups in total. The average molecular weight is 344 g/mol. The number of thiazole rings is 2. The lowest BCUT2D eigenvalue weighted by Crippen LogP contribution is -2.25. The van der Waals surface area contributed by atoms with E-state index in [2.05, 4.69) is 29.1 Å². The number of aryl methyl sites for hydroxylation is 2. The molecule has 2 heterocycles. The van der Waals surface area contributed by atoms with Gasteiger partial charge in [-0.05, 0) is 13.8 Å². The Morgan fingerprint density at radius 3 is 2.48 bits per heavy atom. The zero-order valence-corrected chi connectivity index (χ0v) is 14.9. The van der Waals surface area contributed by atoms with Gasteiger partial charge in [0.2, 0.25) is 0 Å². The molecule has 0 aliphatic heterocycles.